The van der Waals surface area contributed by atoms with Crippen LogP contribution in [0.2, 0.25) is 0 Å². The smallest absolute Gasteiger partial charge is 0.264 e. The molecule has 2 aromatic carbocycles. The van der Waals surface area contributed by atoms with E-state index in [2.05, 4.69) is 9.80 Å². The van der Waals surface area contributed by atoms with Gasteiger partial charge in [0, 0.05) is 18.5 Å². The number of para-hydroxylation sites is 4. The summed E-state index contributed by atoms with van der Waals surface area (Å²) in [5.41, 5.74) is 2.65. The van der Waals surface area contributed by atoms with Gasteiger partial charge < -0.3 is 14.5 Å². The van der Waals surface area contributed by atoms with Crippen LogP contribution in [0.25, 0.3) is 0 Å². The number of aliphatic imine (C=N–C) groups is 1. The Balaban J connectivity index is 1.86. The largest absolute Gasteiger partial charge is 0.453 e. The predicted molar refractivity (Wildman–Crippen MR) is 123 cm³/mol. The molecule has 0 spiro atoms. The lowest BCUT2D eigenvalue weighted by molar-refractivity contribution is 0.247. The second kappa shape index (κ2) is 8.72. The van der Waals surface area contributed by atoms with E-state index in [1.165, 1.54) is 0 Å². The Morgan fingerprint density at radius 1 is 1.06 bits per heavy atom. The molecule has 0 saturated heterocycles. The highest BCUT2D eigenvalue weighted by Gasteiger charge is 2.37. The minimum atomic E-state index is -4.14. The van der Waals surface area contributed by atoms with Crippen LogP contribution in [0, 0.1) is 0 Å². The van der Waals surface area contributed by atoms with Crippen molar-refractivity contribution >= 4 is 27.2 Å². The molecule has 0 fully saturated rings. The van der Waals surface area contributed by atoms with E-state index in [0.29, 0.717) is 11.5 Å². The molecule has 0 amide bonds. The predicted octanol–water partition coefficient (Wildman–Crippen LogP) is 4.60. The van der Waals surface area contributed by atoms with E-state index in [1.54, 1.807) is 0 Å². The van der Waals surface area contributed by atoms with Gasteiger partial charge in [0.15, 0.2) is 11.5 Å². The summed E-state index contributed by atoms with van der Waals surface area (Å²) in [6.07, 6.45) is 4.70. The molecule has 4 rings (SSSR count). The minimum Gasteiger partial charge on any atom is -0.453 e. The maximum Gasteiger partial charge on any atom is 0.264 e. The summed E-state index contributed by atoms with van der Waals surface area (Å²) in [6, 6.07) is 15.1. The molecule has 0 aliphatic carbocycles. The third-order valence-electron chi connectivity index (χ3n) is 5.64. The number of likely N-dealkylation sites (N-methyl/N-ethyl adjacent to an activating group) is 1. The number of nitrogens with zero attached hydrogens (tertiary/aromatic N) is 3. The van der Waals surface area contributed by atoms with Crippen molar-refractivity contribution in [2.24, 2.45) is 4.99 Å². The molecule has 2 heterocycles. The topological polar surface area (TPSA) is 82.4 Å². The van der Waals surface area contributed by atoms with Crippen LogP contribution in [0.5, 0.6) is 11.5 Å². The first-order valence-corrected chi connectivity index (χ1v) is 12.1. The average Bonchev–Trinajstić information content (AvgIpc) is 2.77. The summed E-state index contributed by atoms with van der Waals surface area (Å²) >= 11 is 0. The lowest BCUT2D eigenvalue weighted by Crippen LogP contribution is -2.50. The Kier molecular flexibility index (Phi) is 6.02. The first kappa shape index (κ1) is 21.4. The zero-order chi connectivity index (χ0) is 22.0. The zero-order valence-corrected chi connectivity index (χ0v) is 18.5. The molecule has 31 heavy (non-hydrogen) atoms. The van der Waals surface area contributed by atoms with Gasteiger partial charge in [0.2, 0.25) is 0 Å². The Morgan fingerprint density at radius 3 is 2.23 bits per heavy atom. The van der Waals surface area contributed by atoms with Crippen molar-refractivity contribution in [2.45, 2.75) is 38.9 Å². The van der Waals surface area contributed by atoms with Gasteiger partial charge in [-0.05, 0) is 50.1 Å². The number of benzene rings is 2. The van der Waals surface area contributed by atoms with Crippen LogP contribution in [0.1, 0.15) is 26.7 Å². The summed E-state index contributed by atoms with van der Waals surface area (Å²) in [5, 5.41) is 0. The van der Waals surface area contributed by atoms with Crippen molar-refractivity contribution in [3.63, 3.8) is 0 Å². The number of hydrogen-bond donors (Lipinski definition) is 1. The summed E-state index contributed by atoms with van der Waals surface area (Å²) in [5.74, 6) is 1.05. The van der Waals surface area contributed by atoms with Gasteiger partial charge in [-0.3, -0.25) is 9.55 Å². The minimum absolute atomic E-state index is 0.205. The van der Waals surface area contributed by atoms with Gasteiger partial charge in [-0.15, -0.1) is 0 Å². The van der Waals surface area contributed by atoms with Gasteiger partial charge in [0.05, 0.1) is 23.2 Å². The molecular weight excluding hydrogens is 414 g/mol. The Bertz CT molecular complexity index is 1070. The molecule has 0 saturated carbocycles. The number of anilines is 2. The first-order valence-electron chi connectivity index (χ1n) is 10.5. The summed E-state index contributed by atoms with van der Waals surface area (Å²) in [4.78, 5) is 9.19. The molecule has 0 bridgehead atoms. The van der Waals surface area contributed by atoms with Crippen LogP contribution in [0.3, 0.4) is 0 Å². The molecule has 0 radical (unpaired) electrons. The van der Waals surface area contributed by atoms with Gasteiger partial charge in [-0.1, -0.05) is 31.2 Å². The van der Waals surface area contributed by atoms with Crippen molar-refractivity contribution in [3.8, 4) is 11.5 Å². The number of rotatable bonds is 7. The summed E-state index contributed by atoms with van der Waals surface area (Å²) < 4.78 is 39.1. The van der Waals surface area contributed by atoms with Gasteiger partial charge in [-0.2, -0.15) is 8.42 Å². The highest BCUT2D eigenvalue weighted by atomic mass is 32.2. The summed E-state index contributed by atoms with van der Waals surface area (Å²) in [7, 11) is -4.14. The number of fused-ring (bicyclic) bond motifs is 2. The average molecular weight is 442 g/mol. The highest BCUT2D eigenvalue weighted by molar-refractivity contribution is 7.85. The van der Waals surface area contributed by atoms with Crippen LogP contribution < -0.4 is 9.64 Å². The van der Waals surface area contributed by atoms with E-state index >= 15 is 0 Å². The van der Waals surface area contributed by atoms with E-state index in [9.17, 15) is 13.0 Å². The van der Waals surface area contributed by atoms with Gasteiger partial charge in [0.1, 0.15) is 6.17 Å². The normalized spacial score (nSPS) is 18.7. The third-order valence-corrected chi connectivity index (χ3v) is 6.39. The van der Waals surface area contributed by atoms with Crippen molar-refractivity contribution < 1.29 is 17.7 Å². The molecule has 2 aliphatic heterocycles. The fourth-order valence-electron chi connectivity index (χ4n) is 4.14. The molecule has 8 heteroatoms. The highest BCUT2D eigenvalue weighted by Crippen LogP contribution is 2.48. The standard InChI is InChI=1S/C23H27N3O4S/c1-3-17-13-15-25(4-2)23(24-17)20(14-16-31(27,28)29)26-18-9-5-7-11-21(18)30-22-12-8-6-10-19(22)26/h5-13,15,20,23H,3-4,14,16H2,1-2H3,(H,27,28,29). The zero-order valence-electron chi connectivity index (χ0n) is 17.7. The van der Waals surface area contributed by atoms with Crippen LogP contribution in [-0.4, -0.2) is 48.1 Å². The van der Waals surface area contributed by atoms with Crippen LogP contribution in [-0.2, 0) is 10.1 Å². The second-order valence-electron chi connectivity index (χ2n) is 7.58. The number of allylic oxidation sites excluding steroid dienone is 1. The number of ether oxygens (including phenoxy) is 1. The van der Waals surface area contributed by atoms with Gasteiger partial charge in [-0.25, -0.2) is 0 Å². The van der Waals surface area contributed by atoms with Crippen molar-refractivity contribution in [1.29, 1.82) is 0 Å². The van der Waals surface area contributed by atoms with Crippen LogP contribution in [0.4, 0.5) is 11.4 Å². The Morgan fingerprint density at radius 2 is 1.68 bits per heavy atom. The van der Waals surface area contributed by atoms with Crippen molar-refractivity contribution in [1.82, 2.24) is 4.90 Å². The quantitative estimate of drug-likeness (QED) is 0.632. The van der Waals surface area contributed by atoms with E-state index in [-0.39, 0.29) is 24.4 Å². The van der Waals surface area contributed by atoms with E-state index in [0.717, 1.165) is 30.1 Å². The lowest BCUT2D eigenvalue weighted by Gasteiger charge is -2.44. The maximum atomic E-state index is 11.7. The molecule has 2 atom stereocenters. The van der Waals surface area contributed by atoms with E-state index in [1.807, 2.05) is 74.7 Å². The third kappa shape index (κ3) is 4.45. The van der Waals surface area contributed by atoms with Crippen molar-refractivity contribution in [3.05, 3.63) is 60.8 Å². The fraction of sp³-hybridized carbons (Fsp3) is 0.348. The molecular formula is C23H27N3O4S. The molecule has 7 nitrogen and oxygen atoms in total. The SMILES string of the molecule is CCC1=NC(C(CCS(=O)(=O)O)N2c3ccccc3Oc3ccccc32)N(CC)C=C1. The van der Waals surface area contributed by atoms with Crippen molar-refractivity contribution in [2.75, 3.05) is 17.2 Å². The molecule has 2 aliphatic rings. The molecule has 1 N–H and O–H groups in total. The van der Waals surface area contributed by atoms with Gasteiger partial charge >= 0.3 is 0 Å². The molecule has 0 aromatic heterocycles. The lowest BCUT2D eigenvalue weighted by atomic mass is 10.0. The number of hydrogen-bond acceptors (Lipinski definition) is 6. The Labute approximate surface area is 183 Å². The molecule has 2 unspecified atom stereocenters. The van der Waals surface area contributed by atoms with E-state index in [4.69, 9.17) is 9.73 Å². The fourth-order valence-corrected chi connectivity index (χ4v) is 4.68. The Hall–Kier alpha value is -2.84. The first-order chi connectivity index (χ1) is 14.9. The van der Waals surface area contributed by atoms with Gasteiger partial charge in [0.25, 0.3) is 10.1 Å². The monoisotopic (exact) mass is 441 g/mol. The van der Waals surface area contributed by atoms with Crippen LogP contribution in [0.15, 0.2) is 65.8 Å². The van der Waals surface area contributed by atoms with E-state index < -0.39 is 10.1 Å². The second-order valence-corrected chi connectivity index (χ2v) is 9.16. The maximum absolute atomic E-state index is 11.7. The summed E-state index contributed by atoms with van der Waals surface area (Å²) in [6.45, 7) is 4.82. The molecule has 2 aromatic rings. The van der Waals surface area contributed by atoms with Crippen LogP contribution >= 0.6 is 0 Å². The molecule has 164 valence electrons.